The van der Waals surface area contributed by atoms with E-state index < -0.39 is 0 Å². The summed E-state index contributed by atoms with van der Waals surface area (Å²) in [6.45, 7) is 12.0. The van der Waals surface area contributed by atoms with Crippen molar-refractivity contribution in [3.63, 3.8) is 0 Å². The Morgan fingerprint density at radius 1 is 1.25 bits per heavy atom. The lowest BCUT2D eigenvalue weighted by atomic mass is 9.73. The second-order valence-electron chi connectivity index (χ2n) is 9.42. The summed E-state index contributed by atoms with van der Waals surface area (Å²) in [5.41, 5.74) is 4.53. The van der Waals surface area contributed by atoms with Gasteiger partial charge in [-0.05, 0) is 89.1 Å². The summed E-state index contributed by atoms with van der Waals surface area (Å²) < 4.78 is 0. The van der Waals surface area contributed by atoms with Gasteiger partial charge in [-0.3, -0.25) is 4.79 Å². The molecule has 28 heavy (non-hydrogen) atoms. The summed E-state index contributed by atoms with van der Waals surface area (Å²) >= 11 is 0. The molecule has 1 amide bonds. The molecule has 1 heterocycles. The summed E-state index contributed by atoms with van der Waals surface area (Å²) in [5.74, 6) is 0.874. The molecule has 0 saturated carbocycles. The first-order valence-corrected chi connectivity index (χ1v) is 11.1. The van der Waals surface area contributed by atoms with E-state index in [-0.39, 0.29) is 18.8 Å². The Bertz CT molecular complexity index is 703. The lowest BCUT2D eigenvalue weighted by molar-refractivity contribution is -0.119. The van der Waals surface area contributed by atoms with Crippen LogP contribution in [0.1, 0.15) is 84.8 Å². The van der Waals surface area contributed by atoms with Crippen LogP contribution in [0.5, 0.6) is 0 Å². The molecule has 0 radical (unpaired) electrons. The third kappa shape index (κ3) is 5.05. The molecule has 1 aliphatic heterocycles. The number of hydrogen-bond acceptors (Lipinski definition) is 2. The SMILES string of the molecule is CC(=O)N[C@H]1CC2(CCN(CCC(C)CCC=C(C)C)CC2)c2ccccc21.[HH]. The van der Waals surface area contributed by atoms with Crippen molar-refractivity contribution in [1.29, 1.82) is 0 Å². The molecule has 1 saturated heterocycles. The number of likely N-dealkylation sites (tertiary alicyclic amines) is 1. The van der Waals surface area contributed by atoms with Crippen LogP contribution in [0.2, 0.25) is 0 Å². The molecule has 1 spiro atoms. The Morgan fingerprint density at radius 2 is 1.96 bits per heavy atom. The number of rotatable bonds is 7. The molecule has 3 heteroatoms. The van der Waals surface area contributed by atoms with Gasteiger partial charge in [-0.2, -0.15) is 0 Å². The van der Waals surface area contributed by atoms with Gasteiger partial charge in [-0.25, -0.2) is 0 Å². The predicted molar refractivity (Wildman–Crippen MR) is 120 cm³/mol. The lowest BCUT2D eigenvalue weighted by Gasteiger charge is -2.40. The van der Waals surface area contributed by atoms with Crippen LogP contribution in [0.3, 0.4) is 0 Å². The molecule has 2 atom stereocenters. The highest BCUT2D eigenvalue weighted by Gasteiger charge is 2.45. The normalized spacial score (nSPS) is 21.9. The lowest BCUT2D eigenvalue weighted by Crippen LogP contribution is -2.42. The van der Waals surface area contributed by atoms with Gasteiger partial charge in [-0.15, -0.1) is 0 Å². The first-order valence-electron chi connectivity index (χ1n) is 11.1. The fraction of sp³-hybridized carbons (Fsp3) is 0.640. The summed E-state index contributed by atoms with van der Waals surface area (Å²) in [6, 6.07) is 8.98. The van der Waals surface area contributed by atoms with Crippen LogP contribution in [0.25, 0.3) is 0 Å². The number of carbonyl (C=O) groups is 1. The number of hydrogen-bond donors (Lipinski definition) is 1. The number of amides is 1. The van der Waals surface area contributed by atoms with Crippen LogP contribution in [0, 0.1) is 5.92 Å². The number of benzene rings is 1. The van der Waals surface area contributed by atoms with E-state index in [1.165, 1.54) is 68.4 Å². The van der Waals surface area contributed by atoms with Gasteiger partial charge >= 0.3 is 0 Å². The Morgan fingerprint density at radius 3 is 2.64 bits per heavy atom. The average Bonchev–Trinajstić information content (AvgIpc) is 2.94. The number of piperidine rings is 1. The van der Waals surface area contributed by atoms with Crippen LogP contribution in [-0.4, -0.2) is 30.4 Å². The summed E-state index contributed by atoms with van der Waals surface area (Å²) in [4.78, 5) is 14.3. The molecular formula is C25H40N2O. The summed E-state index contributed by atoms with van der Waals surface area (Å²) in [7, 11) is 0. The second kappa shape index (κ2) is 9.26. The molecule has 156 valence electrons. The van der Waals surface area contributed by atoms with Gasteiger partial charge in [0.2, 0.25) is 5.91 Å². The van der Waals surface area contributed by atoms with Gasteiger partial charge in [-0.1, -0.05) is 42.8 Å². The molecule has 1 aromatic rings. The number of fused-ring (bicyclic) bond motifs is 2. The highest BCUT2D eigenvalue weighted by molar-refractivity contribution is 5.73. The van der Waals surface area contributed by atoms with Crippen LogP contribution in [-0.2, 0) is 10.2 Å². The Labute approximate surface area is 173 Å². The zero-order valence-corrected chi connectivity index (χ0v) is 18.3. The third-order valence-corrected chi connectivity index (χ3v) is 6.84. The van der Waals surface area contributed by atoms with E-state index >= 15 is 0 Å². The molecule has 3 rings (SSSR count). The Kier molecular flexibility index (Phi) is 6.98. The number of allylic oxidation sites excluding steroid dienone is 2. The van der Waals surface area contributed by atoms with Crippen molar-refractivity contribution in [2.75, 3.05) is 19.6 Å². The maximum Gasteiger partial charge on any atom is 0.217 e. The number of carbonyl (C=O) groups excluding carboxylic acids is 1. The standard InChI is InChI=1S/C25H38N2O.H2/c1-19(2)8-7-9-20(3)12-15-27-16-13-25(14-17-27)18-24(26-21(4)28)22-10-5-6-11-23(22)25;/h5-6,8,10-11,20,24H,7,9,12-18H2,1-4H3,(H,26,28);1H/t20?,24-;/m0./s1. The van der Waals surface area contributed by atoms with Crippen molar-refractivity contribution >= 4 is 5.91 Å². The second-order valence-corrected chi connectivity index (χ2v) is 9.42. The van der Waals surface area contributed by atoms with Gasteiger partial charge in [0.15, 0.2) is 0 Å². The fourth-order valence-corrected chi connectivity index (χ4v) is 5.15. The first-order chi connectivity index (χ1) is 13.4. The molecule has 0 bridgehead atoms. The monoisotopic (exact) mass is 384 g/mol. The smallest absolute Gasteiger partial charge is 0.217 e. The number of nitrogens with zero attached hydrogens (tertiary/aromatic N) is 1. The van der Waals surface area contributed by atoms with Crippen molar-refractivity contribution in [2.24, 2.45) is 5.92 Å². The van der Waals surface area contributed by atoms with E-state index in [9.17, 15) is 4.79 Å². The van der Waals surface area contributed by atoms with Crippen LogP contribution in [0.4, 0.5) is 0 Å². The number of nitrogens with one attached hydrogen (secondary N) is 1. The fourth-order valence-electron chi connectivity index (χ4n) is 5.15. The van der Waals surface area contributed by atoms with Crippen LogP contribution >= 0.6 is 0 Å². The largest absolute Gasteiger partial charge is 0.349 e. The maximum atomic E-state index is 11.7. The van der Waals surface area contributed by atoms with Gasteiger partial charge in [0.25, 0.3) is 0 Å². The Hall–Kier alpha value is -1.61. The molecule has 1 aromatic carbocycles. The molecule has 1 fully saturated rings. The van der Waals surface area contributed by atoms with Crippen LogP contribution < -0.4 is 5.32 Å². The van der Waals surface area contributed by atoms with Crippen molar-refractivity contribution in [3.8, 4) is 0 Å². The van der Waals surface area contributed by atoms with Gasteiger partial charge in [0.1, 0.15) is 0 Å². The van der Waals surface area contributed by atoms with Crippen molar-refractivity contribution in [1.82, 2.24) is 10.2 Å². The molecule has 3 nitrogen and oxygen atoms in total. The van der Waals surface area contributed by atoms with Gasteiger partial charge in [0.05, 0.1) is 6.04 Å². The molecule has 0 aromatic heterocycles. The minimum Gasteiger partial charge on any atom is -0.349 e. The van der Waals surface area contributed by atoms with E-state index in [4.69, 9.17) is 0 Å². The molecule has 1 aliphatic carbocycles. The van der Waals surface area contributed by atoms with Crippen molar-refractivity contribution in [2.45, 2.75) is 77.7 Å². The highest BCUT2D eigenvalue weighted by atomic mass is 16.1. The van der Waals surface area contributed by atoms with Crippen LogP contribution in [0.15, 0.2) is 35.9 Å². The first kappa shape index (κ1) is 21.1. The van der Waals surface area contributed by atoms with Gasteiger partial charge in [0, 0.05) is 13.8 Å². The zero-order valence-electron chi connectivity index (χ0n) is 18.3. The minimum absolute atomic E-state index is 0. The molecule has 1 unspecified atom stereocenters. The van der Waals surface area contributed by atoms with Gasteiger partial charge < -0.3 is 10.2 Å². The highest BCUT2D eigenvalue weighted by Crippen LogP contribution is 2.50. The predicted octanol–water partition coefficient (Wildman–Crippen LogP) is 5.62. The Balaban J connectivity index is 0.00000300. The van der Waals surface area contributed by atoms with Crippen molar-refractivity contribution < 1.29 is 6.22 Å². The molecular weight excluding hydrogens is 344 g/mol. The maximum absolute atomic E-state index is 11.7. The molecule has 2 aliphatic rings. The van der Waals surface area contributed by atoms with Crippen molar-refractivity contribution in [3.05, 3.63) is 47.0 Å². The summed E-state index contributed by atoms with van der Waals surface area (Å²) in [5, 5.41) is 3.19. The van der Waals surface area contributed by atoms with E-state index in [1.54, 1.807) is 6.92 Å². The summed E-state index contributed by atoms with van der Waals surface area (Å²) in [6.07, 6.45) is 9.68. The van der Waals surface area contributed by atoms with E-state index in [0.29, 0.717) is 0 Å². The topological polar surface area (TPSA) is 32.3 Å². The minimum atomic E-state index is 0. The van der Waals surface area contributed by atoms with E-state index in [0.717, 1.165) is 12.3 Å². The quantitative estimate of drug-likeness (QED) is 0.619. The van der Waals surface area contributed by atoms with E-state index in [1.807, 2.05) is 0 Å². The average molecular weight is 385 g/mol. The zero-order chi connectivity index (χ0) is 20.1. The molecule has 1 N–H and O–H groups in total. The third-order valence-electron chi connectivity index (χ3n) is 6.84. The van der Waals surface area contributed by atoms with E-state index in [2.05, 4.69) is 61.3 Å².